The molecule has 8 nitrogen and oxygen atoms in total. The molecule has 0 saturated heterocycles. The molecule has 6 rings (SSSR count). The fourth-order valence-corrected chi connectivity index (χ4v) is 5.61. The Labute approximate surface area is 235 Å². The Morgan fingerprint density at radius 3 is 2.49 bits per heavy atom. The largest absolute Gasteiger partial charge is 0.370 e. The average molecular weight is 550 g/mol. The van der Waals surface area contributed by atoms with E-state index in [1.165, 1.54) is 12.1 Å². The molecule has 0 bridgehead atoms. The van der Waals surface area contributed by atoms with Gasteiger partial charge in [0.15, 0.2) is 0 Å². The Hall–Kier alpha value is -5.18. The first-order valence-corrected chi connectivity index (χ1v) is 13.4. The maximum Gasteiger partial charge on any atom is 0.258 e. The van der Waals surface area contributed by atoms with Crippen LogP contribution < -0.4 is 36.6 Å². The van der Waals surface area contributed by atoms with Crippen molar-refractivity contribution in [3.8, 4) is 11.1 Å². The van der Waals surface area contributed by atoms with Gasteiger partial charge in [-0.1, -0.05) is 18.2 Å². The number of aromatic amines is 1. The lowest BCUT2D eigenvalue weighted by Gasteiger charge is -2.29. The zero-order valence-electron chi connectivity index (χ0n) is 22.4. The SMILES string of the molecule is CN1C=CC(N(C(=O)CCCC(N)=O)c2ccccc2)=c2ccc3c4c([nH]c(=O)c-4c21)=CCN3c1ccc(F)cc1. The number of primary amides is 1. The van der Waals surface area contributed by atoms with Crippen molar-refractivity contribution in [1.29, 1.82) is 0 Å². The standard InChI is InChI=1S/C32H28FN5O3/c1-36-18-17-25(38(22-6-3-2-4-7-22)28(40)9-5-8-27(34)39)23-14-15-26-29-24(35-32(41)30(29)31(23)36)16-19-37(26)21-12-10-20(33)11-13-21/h2-4,6-7,10-18H,5,8-9,19H2,1H3,(H2,34,39)(H,35,41). The van der Waals surface area contributed by atoms with Crippen LogP contribution in [0.2, 0.25) is 0 Å². The maximum atomic E-state index is 13.7. The second-order valence-electron chi connectivity index (χ2n) is 10.1. The number of halogens is 1. The number of benzene rings is 2. The van der Waals surface area contributed by atoms with Crippen molar-refractivity contribution in [1.82, 2.24) is 4.98 Å². The number of rotatable bonds is 7. The molecule has 0 aromatic heterocycles. The third-order valence-electron chi connectivity index (χ3n) is 7.46. The molecule has 41 heavy (non-hydrogen) atoms. The van der Waals surface area contributed by atoms with Gasteiger partial charge in [-0.2, -0.15) is 0 Å². The lowest BCUT2D eigenvalue weighted by molar-refractivity contribution is -0.119. The minimum Gasteiger partial charge on any atom is -0.370 e. The third-order valence-corrected chi connectivity index (χ3v) is 7.46. The minimum absolute atomic E-state index is 0.110. The first kappa shape index (κ1) is 26.1. The van der Waals surface area contributed by atoms with E-state index in [0.29, 0.717) is 40.8 Å². The number of anilines is 4. The van der Waals surface area contributed by atoms with Gasteiger partial charge >= 0.3 is 0 Å². The van der Waals surface area contributed by atoms with Gasteiger partial charge in [-0.3, -0.25) is 19.3 Å². The van der Waals surface area contributed by atoms with Crippen LogP contribution in [0.4, 0.5) is 27.1 Å². The molecule has 1 aliphatic carbocycles. The molecular weight excluding hydrogens is 521 g/mol. The summed E-state index contributed by atoms with van der Waals surface area (Å²) in [4.78, 5) is 47.2. The number of fused-ring (bicyclic) bond motifs is 2. The number of H-pyrrole nitrogens is 1. The Morgan fingerprint density at radius 2 is 1.76 bits per heavy atom. The van der Waals surface area contributed by atoms with E-state index in [0.717, 1.165) is 22.3 Å². The van der Waals surface area contributed by atoms with Crippen molar-refractivity contribution in [3.63, 3.8) is 0 Å². The van der Waals surface area contributed by atoms with Crippen molar-refractivity contribution in [2.45, 2.75) is 19.3 Å². The van der Waals surface area contributed by atoms with Crippen LogP contribution >= 0.6 is 0 Å². The number of nitrogens with two attached hydrogens (primary N) is 1. The van der Waals surface area contributed by atoms with Crippen molar-refractivity contribution in [2.75, 3.05) is 28.3 Å². The summed E-state index contributed by atoms with van der Waals surface area (Å²) in [7, 11) is 1.87. The van der Waals surface area contributed by atoms with Gasteiger partial charge in [-0.15, -0.1) is 0 Å². The summed E-state index contributed by atoms with van der Waals surface area (Å²) in [5.41, 5.74) is 9.86. The molecule has 0 fully saturated rings. The summed E-state index contributed by atoms with van der Waals surface area (Å²) in [6.07, 6.45) is 6.20. The molecule has 206 valence electrons. The summed E-state index contributed by atoms with van der Waals surface area (Å²) in [6.45, 7) is 0.488. The lowest BCUT2D eigenvalue weighted by Crippen LogP contribution is -2.36. The van der Waals surface area contributed by atoms with E-state index in [1.54, 1.807) is 17.0 Å². The molecule has 3 aliphatic heterocycles. The lowest BCUT2D eigenvalue weighted by atomic mass is 10.0. The molecule has 0 atom stereocenters. The second kappa shape index (κ2) is 10.4. The highest BCUT2D eigenvalue weighted by atomic mass is 19.1. The van der Waals surface area contributed by atoms with E-state index in [2.05, 4.69) is 4.98 Å². The van der Waals surface area contributed by atoms with Gasteiger partial charge in [0.1, 0.15) is 5.82 Å². The van der Waals surface area contributed by atoms with Gasteiger partial charge in [0.05, 0.1) is 22.6 Å². The van der Waals surface area contributed by atoms with Gasteiger partial charge in [-0.25, -0.2) is 4.39 Å². The number of para-hydroxylation sites is 1. The maximum absolute atomic E-state index is 13.7. The fraction of sp³-hybridized carbons (Fsp3) is 0.156. The van der Waals surface area contributed by atoms with Gasteiger partial charge < -0.3 is 20.5 Å². The van der Waals surface area contributed by atoms with Gasteiger partial charge in [0, 0.05) is 60.1 Å². The number of aromatic nitrogens is 1. The Morgan fingerprint density at radius 1 is 1.00 bits per heavy atom. The quantitative estimate of drug-likeness (QED) is 0.368. The third kappa shape index (κ3) is 4.65. The normalized spacial score (nSPS) is 13.7. The van der Waals surface area contributed by atoms with Crippen LogP contribution in [0.5, 0.6) is 0 Å². The van der Waals surface area contributed by atoms with E-state index in [1.807, 2.05) is 77.7 Å². The van der Waals surface area contributed by atoms with Crippen LogP contribution in [0.1, 0.15) is 19.3 Å². The second-order valence-corrected chi connectivity index (χ2v) is 10.1. The summed E-state index contributed by atoms with van der Waals surface area (Å²) >= 11 is 0. The number of amides is 2. The highest BCUT2D eigenvalue weighted by Crippen LogP contribution is 2.38. The monoisotopic (exact) mass is 549 g/mol. The molecule has 2 amide bonds. The summed E-state index contributed by atoms with van der Waals surface area (Å²) in [5, 5.41) is 1.42. The molecule has 3 heterocycles. The summed E-state index contributed by atoms with van der Waals surface area (Å²) in [5.74, 6) is -0.979. The van der Waals surface area contributed by atoms with Crippen LogP contribution in [-0.4, -0.2) is 30.4 Å². The highest BCUT2D eigenvalue weighted by Gasteiger charge is 2.30. The molecule has 0 spiro atoms. The molecule has 9 heteroatoms. The van der Waals surface area contributed by atoms with Crippen LogP contribution in [0.3, 0.4) is 0 Å². The fourth-order valence-electron chi connectivity index (χ4n) is 5.61. The summed E-state index contributed by atoms with van der Waals surface area (Å²) in [6, 6.07) is 19.4. The number of carbonyl (C=O) groups is 2. The zero-order valence-corrected chi connectivity index (χ0v) is 22.4. The van der Waals surface area contributed by atoms with Crippen LogP contribution in [-0.2, 0) is 9.59 Å². The number of nitrogens with one attached hydrogen (secondary N) is 1. The predicted octanol–water partition coefficient (Wildman–Crippen LogP) is 3.31. The van der Waals surface area contributed by atoms with Gasteiger partial charge in [-0.05, 0) is 67.1 Å². The Bertz CT molecular complexity index is 1850. The Balaban J connectivity index is 1.60. The topological polar surface area (TPSA) is 103 Å². The van der Waals surface area contributed by atoms with Crippen molar-refractivity contribution < 1.29 is 14.0 Å². The first-order chi connectivity index (χ1) is 19.8. The van der Waals surface area contributed by atoms with Gasteiger partial charge in [0.25, 0.3) is 5.56 Å². The molecular formula is C32H28FN5O3. The molecule has 2 aromatic rings. The van der Waals surface area contributed by atoms with Crippen LogP contribution in [0.25, 0.3) is 22.9 Å². The molecule has 0 radical (unpaired) electrons. The van der Waals surface area contributed by atoms with Crippen molar-refractivity contribution in [3.05, 3.63) is 106 Å². The van der Waals surface area contributed by atoms with E-state index < -0.39 is 5.91 Å². The molecule has 3 N–H and O–H groups in total. The molecule has 0 unspecified atom stereocenters. The van der Waals surface area contributed by atoms with E-state index in [-0.39, 0.29) is 30.1 Å². The number of hydrogen-bond acceptors (Lipinski definition) is 5. The minimum atomic E-state index is -0.456. The van der Waals surface area contributed by atoms with Crippen LogP contribution in [0, 0.1) is 5.82 Å². The van der Waals surface area contributed by atoms with E-state index in [4.69, 9.17) is 5.73 Å². The van der Waals surface area contributed by atoms with Gasteiger partial charge in [0.2, 0.25) is 11.8 Å². The molecule has 4 aliphatic rings. The zero-order chi connectivity index (χ0) is 28.7. The van der Waals surface area contributed by atoms with E-state index >= 15 is 0 Å². The molecule has 2 aromatic carbocycles. The number of hydrogen-bond donors (Lipinski definition) is 2. The average Bonchev–Trinajstić information content (AvgIpc) is 3.17. The highest BCUT2D eigenvalue weighted by molar-refractivity contribution is 6.06. The smallest absolute Gasteiger partial charge is 0.258 e. The predicted molar refractivity (Wildman–Crippen MR) is 159 cm³/mol. The molecule has 0 saturated carbocycles. The summed E-state index contributed by atoms with van der Waals surface area (Å²) < 4.78 is 13.7. The van der Waals surface area contributed by atoms with E-state index in [9.17, 15) is 18.8 Å². The number of carbonyl (C=O) groups excluding carboxylic acids is 2. The van der Waals surface area contributed by atoms with Crippen LogP contribution in [0.15, 0.2) is 83.8 Å². The first-order valence-electron chi connectivity index (χ1n) is 13.4. The Kier molecular flexibility index (Phi) is 6.62. The number of nitrogens with zero attached hydrogens (tertiary/aromatic N) is 3. The van der Waals surface area contributed by atoms with Crippen molar-refractivity contribution in [2.24, 2.45) is 5.73 Å². The van der Waals surface area contributed by atoms with Crippen molar-refractivity contribution >= 4 is 46.3 Å².